The fourth-order valence-electron chi connectivity index (χ4n) is 4.89. The van der Waals surface area contributed by atoms with E-state index < -0.39 is 0 Å². The van der Waals surface area contributed by atoms with Crippen molar-refractivity contribution in [2.45, 2.75) is 19.4 Å². The van der Waals surface area contributed by atoms with E-state index in [1.165, 1.54) is 35.9 Å². The molecule has 164 valence electrons. The molecule has 32 heavy (non-hydrogen) atoms. The Labute approximate surface area is 194 Å². The zero-order valence-corrected chi connectivity index (χ0v) is 19.3. The minimum atomic E-state index is 0.650. The van der Waals surface area contributed by atoms with Crippen LogP contribution in [0.15, 0.2) is 67.1 Å². The third-order valence-corrected chi connectivity index (χ3v) is 6.71. The number of fused-ring (bicyclic) bond motifs is 1. The molecule has 1 aliphatic rings. The third-order valence-electron chi connectivity index (χ3n) is 6.47. The molecule has 5 rings (SSSR count). The molecule has 1 unspecified atom stereocenters. The van der Waals surface area contributed by atoms with Crippen molar-refractivity contribution in [3.63, 3.8) is 0 Å². The Morgan fingerprint density at radius 3 is 2.78 bits per heavy atom. The summed E-state index contributed by atoms with van der Waals surface area (Å²) >= 11 is 6.40. The largest absolute Gasteiger partial charge is 0.497 e. The maximum Gasteiger partial charge on any atom is 0.119 e. The Bertz CT molecular complexity index is 1250. The molecule has 3 heterocycles. The second kappa shape index (κ2) is 8.97. The number of nitrogens with zero attached hydrogens (tertiary/aromatic N) is 3. The van der Waals surface area contributed by atoms with Gasteiger partial charge in [0.05, 0.1) is 12.6 Å². The Balaban J connectivity index is 1.55. The minimum Gasteiger partial charge on any atom is -0.497 e. The molecule has 0 saturated carbocycles. The minimum absolute atomic E-state index is 0.650. The molecule has 0 aliphatic carbocycles. The van der Waals surface area contributed by atoms with Crippen LogP contribution in [0.5, 0.6) is 5.75 Å². The van der Waals surface area contributed by atoms with Crippen molar-refractivity contribution in [2.24, 2.45) is 5.92 Å². The van der Waals surface area contributed by atoms with E-state index in [1.54, 1.807) is 7.11 Å². The zero-order chi connectivity index (χ0) is 22.1. The van der Waals surface area contributed by atoms with Crippen LogP contribution in [0.1, 0.15) is 12.8 Å². The van der Waals surface area contributed by atoms with Gasteiger partial charge < -0.3 is 14.2 Å². The molecule has 1 saturated heterocycles. The van der Waals surface area contributed by atoms with Gasteiger partial charge in [0.25, 0.3) is 0 Å². The van der Waals surface area contributed by atoms with Crippen molar-refractivity contribution in [3.8, 4) is 28.0 Å². The lowest BCUT2D eigenvalue weighted by atomic mass is 9.98. The highest BCUT2D eigenvalue weighted by Gasteiger charge is 2.20. The highest BCUT2D eigenvalue weighted by molar-refractivity contribution is 6.31. The lowest BCUT2D eigenvalue weighted by Gasteiger charge is -2.30. The van der Waals surface area contributed by atoms with E-state index in [9.17, 15) is 0 Å². The van der Waals surface area contributed by atoms with Gasteiger partial charge in [-0.05, 0) is 68.2 Å². The van der Waals surface area contributed by atoms with E-state index in [0.717, 1.165) is 40.6 Å². The van der Waals surface area contributed by atoms with Gasteiger partial charge in [-0.15, -0.1) is 0 Å². The molecule has 0 N–H and O–H groups in total. The molecule has 5 heteroatoms. The first-order chi connectivity index (χ1) is 15.6. The second-order valence-corrected chi connectivity index (χ2v) is 9.26. The molecule has 4 aromatic rings. The Kier molecular flexibility index (Phi) is 5.90. The van der Waals surface area contributed by atoms with Crippen LogP contribution >= 0.6 is 11.6 Å². The van der Waals surface area contributed by atoms with E-state index in [0.29, 0.717) is 5.92 Å². The topological polar surface area (TPSA) is 30.3 Å². The van der Waals surface area contributed by atoms with Crippen LogP contribution in [-0.2, 0) is 6.54 Å². The summed E-state index contributed by atoms with van der Waals surface area (Å²) in [6, 6.07) is 16.5. The first kappa shape index (κ1) is 21.0. The SMILES string of the molecule is COc1cccc(-c2cncc(-c3cn(CC4CCCN(C)C4)c4cc(Cl)ccc34)c2)c1. The van der Waals surface area contributed by atoms with Gasteiger partial charge in [-0.25, -0.2) is 0 Å². The van der Waals surface area contributed by atoms with E-state index in [4.69, 9.17) is 16.3 Å². The summed E-state index contributed by atoms with van der Waals surface area (Å²) in [4.78, 5) is 7.01. The monoisotopic (exact) mass is 445 g/mol. The number of piperidine rings is 1. The number of ether oxygens (including phenoxy) is 1. The van der Waals surface area contributed by atoms with Gasteiger partial charge in [0, 0.05) is 58.8 Å². The molecule has 1 atom stereocenters. The summed E-state index contributed by atoms with van der Waals surface area (Å²) in [5, 5.41) is 1.98. The molecule has 0 radical (unpaired) electrons. The van der Waals surface area contributed by atoms with Gasteiger partial charge in [0.15, 0.2) is 0 Å². The van der Waals surface area contributed by atoms with Crippen LogP contribution in [0.4, 0.5) is 0 Å². The van der Waals surface area contributed by atoms with Crippen LogP contribution in [0, 0.1) is 5.92 Å². The number of hydrogen-bond donors (Lipinski definition) is 0. The van der Waals surface area contributed by atoms with Gasteiger partial charge >= 0.3 is 0 Å². The maximum atomic E-state index is 6.40. The van der Waals surface area contributed by atoms with Crippen molar-refractivity contribution in [1.82, 2.24) is 14.5 Å². The summed E-state index contributed by atoms with van der Waals surface area (Å²) in [5.74, 6) is 1.49. The molecule has 2 aromatic heterocycles. The molecule has 1 aliphatic heterocycles. The highest BCUT2D eigenvalue weighted by atomic mass is 35.5. The zero-order valence-electron chi connectivity index (χ0n) is 18.6. The van der Waals surface area contributed by atoms with Gasteiger partial charge in [0.1, 0.15) is 5.75 Å². The summed E-state index contributed by atoms with van der Waals surface area (Å²) in [6.45, 7) is 3.34. The van der Waals surface area contributed by atoms with Crippen molar-refractivity contribution >= 4 is 22.5 Å². The molecule has 2 aromatic carbocycles. The standard InChI is InChI=1S/C27H28ClN3O/c1-30-10-4-5-19(16-30)17-31-18-26(25-9-8-23(28)13-27(25)31)22-11-21(14-29-15-22)20-6-3-7-24(12-20)32-2/h3,6-9,11-15,18-19H,4-5,10,16-17H2,1-2H3. The van der Waals surface area contributed by atoms with Crippen molar-refractivity contribution in [1.29, 1.82) is 0 Å². The van der Waals surface area contributed by atoms with Crippen LogP contribution in [-0.4, -0.2) is 41.7 Å². The second-order valence-electron chi connectivity index (χ2n) is 8.82. The number of pyridine rings is 1. The van der Waals surface area contributed by atoms with Gasteiger partial charge in [-0.1, -0.05) is 29.8 Å². The molecule has 1 fully saturated rings. The first-order valence-corrected chi connectivity index (χ1v) is 11.6. The molecule has 0 bridgehead atoms. The van der Waals surface area contributed by atoms with Gasteiger partial charge in [0.2, 0.25) is 0 Å². The Morgan fingerprint density at radius 1 is 1.06 bits per heavy atom. The van der Waals surface area contributed by atoms with E-state index >= 15 is 0 Å². The lowest BCUT2D eigenvalue weighted by Crippen LogP contribution is -2.33. The number of rotatable bonds is 5. The summed E-state index contributed by atoms with van der Waals surface area (Å²) in [5.41, 5.74) is 5.66. The summed E-state index contributed by atoms with van der Waals surface area (Å²) in [7, 11) is 3.91. The fraction of sp³-hybridized carbons (Fsp3) is 0.296. The molecule has 0 spiro atoms. The molecule has 0 amide bonds. The predicted molar refractivity (Wildman–Crippen MR) is 132 cm³/mol. The first-order valence-electron chi connectivity index (χ1n) is 11.2. The predicted octanol–water partition coefficient (Wildman–Crippen LogP) is 6.37. The Hall–Kier alpha value is -2.82. The lowest BCUT2D eigenvalue weighted by molar-refractivity contribution is 0.196. The van der Waals surface area contributed by atoms with Crippen molar-refractivity contribution in [2.75, 3.05) is 27.2 Å². The molecular formula is C27H28ClN3O. The van der Waals surface area contributed by atoms with E-state index in [-0.39, 0.29) is 0 Å². The highest BCUT2D eigenvalue weighted by Crippen LogP contribution is 2.35. The number of benzene rings is 2. The number of methoxy groups -OCH3 is 1. The smallest absolute Gasteiger partial charge is 0.119 e. The van der Waals surface area contributed by atoms with E-state index in [2.05, 4.69) is 52.0 Å². The molecular weight excluding hydrogens is 418 g/mol. The number of halogens is 1. The van der Waals surface area contributed by atoms with Crippen LogP contribution in [0.3, 0.4) is 0 Å². The molecule has 4 nitrogen and oxygen atoms in total. The van der Waals surface area contributed by atoms with Gasteiger partial charge in [-0.3, -0.25) is 4.98 Å². The average Bonchev–Trinajstić information content (AvgIpc) is 3.16. The van der Waals surface area contributed by atoms with Crippen molar-refractivity contribution < 1.29 is 4.74 Å². The van der Waals surface area contributed by atoms with Gasteiger partial charge in [-0.2, -0.15) is 0 Å². The number of likely N-dealkylation sites (tertiary alicyclic amines) is 1. The number of hydrogen-bond acceptors (Lipinski definition) is 3. The third kappa shape index (κ3) is 4.25. The number of aromatic nitrogens is 2. The van der Waals surface area contributed by atoms with Crippen molar-refractivity contribution in [3.05, 3.63) is 72.1 Å². The van der Waals surface area contributed by atoms with Crippen LogP contribution < -0.4 is 4.74 Å². The normalized spacial score (nSPS) is 17.0. The average molecular weight is 446 g/mol. The quantitative estimate of drug-likeness (QED) is 0.357. The summed E-state index contributed by atoms with van der Waals surface area (Å²) in [6.07, 6.45) is 8.67. The van der Waals surface area contributed by atoms with Crippen LogP contribution in [0.2, 0.25) is 5.02 Å². The van der Waals surface area contributed by atoms with E-state index in [1.807, 2.05) is 36.7 Å². The Morgan fingerprint density at radius 2 is 1.94 bits per heavy atom. The summed E-state index contributed by atoms with van der Waals surface area (Å²) < 4.78 is 7.79. The van der Waals surface area contributed by atoms with Crippen LogP contribution in [0.25, 0.3) is 33.2 Å². The maximum absolute atomic E-state index is 6.40. The fourth-order valence-corrected chi connectivity index (χ4v) is 5.06.